The lowest BCUT2D eigenvalue weighted by molar-refractivity contribution is 0.553. The summed E-state index contributed by atoms with van der Waals surface area (Å²) in [6.07, 6.45) is 5.53. The van der Waals surface area contributed by atoms with Gasteiger partial charge in [-0.25, -0.2) is 4.99 Å². The predicted molar refractivity (Wildman–Crippen MR) is 78.7 cm³/mol. The van der Waals surface area contributed by atoms with E-state index in [2.05, 4.69) is 41.8 Å². The van der Waals surface area contributed by atoms with E-state index < -0.39 is 0 Å². The second-order valence-electron chi connectivity index (χ2n) is 3.73. The van der Waals surface area contributed by atoms with Gasteiger partial charge in [-0.15, -0.1) is 0 Å². The summed E-state index contributed by atoms with van der Waals surface area (Å²) in [5, 5.41) is 0. The zero-order chi connectivity index (χ0) is 12.5. The molecule has 3 rings (SSSR count). The molecule has 0 saturated heterocycles. The van der Waals surface area contributed by atoms with Crippen molar-refractivity contribution in [2.24, 2.45) is 4.99 Å². The van der Waals surface area contributed by atoms with E-state index in [1.807, 2.05) is 36.4 Å². The van der Waals surface area contributed by atoms with E-state index in [9.17, 15) is 0 Å². The van der Waals surface area contributed by atoms with Crippen molar-refractivity contribution >= 4 is 42.1 Å². The maximum absolute atomic E-state index is 5.50. The molecule has 1 aliphatic heterocycles. The topological polar surface area (TPSA) is 41.3 Å². The summed E-state index contributed by atoms with van der Waals surface area (Å²) in [5.74, 6) is 0.787. The molecule has 0 atom stereocenters. The maximum atomic E-state index is 5.50. The largest absolute Gasteiger partial charge is 0.464 e. The molecule has 0 unspecified atom stereocenters. The van der Waals surface area contributed by atoms with Crippen LogP contribution in [0.1, 0.15) is 11.5 Å². The van der Waals surface area contributed by atoms with Crippen molar-refractivity contribution in [1.82, 2.24) is 4.98 Å². The van der Waals surface area contributed by atoms with Gasteiger partial charge in [-0.2, -0.15) is 0 Å². The Labute approximate surface area is 121 Å². The Morgan fingerprint density at radius 1 is 1.17 bits per heavy atom. The second kappa shape index (κ2) is 4.74. The summed E-state index contributed by atoms with van der Waals surface area (Å²) in [6.45, 7) is 0. The summed E-state index contributed by atoms with van der Waals surface area (Å²) < 4.78 is 7.23. The summed E-state index contributed by atoms with van der Waals surface area (Å²) in [6, 6.07) is 7.73. The summed E-state index contributed by atoms with van der Waals surface area (Å²) in [7, 11) is 0. The Hall–Kier alpha value is -1.33. The van der Waals surface area contributed by atoms with E-state index in [0.717, 1.165) is 31.9 Å². The lowest BCUT2D eigenvalue weighted by Crippen LogP contribution is -1.89. The van der Waals surface area contributed by atoms with Crippen LogP contribution in [0.2, 0.25) is 0 Å². The molecular weight excluding hydrogens is 360 g/mol. The minimum atomic E-state index is 0.787. The van der Waals surface area contributed by atoms with E-state index in [-0.39, 0.29) is 0 Å². The van der Waals surface area contributed by atoms with Crippen LogP contribution in [0.5, 0.6) is 0 Å². The van der Waals surface area contributed by atoms with Gasteiger partial charge >= 0.3 is 0 Å². The van der Waals surface area contributed by atoms with E-state index in [0.29, 0.717) is 0 Å². The highest BCUT2D eigenvalue weighted by Gasteiger charge is 2.16. The van der Waals surface area contributed by atoms with E-state index in [4.69, 9.17) is 4.42 Å². The summed E-state index contributed by atoms with van der Waals surface area (Å²) >= 11 is 6.78. The molecular formula is C13H8Br2N2O. The Morgan fingerprint density at radius 2 is 2.06 bits per heavy atom. The number of hydrogen-bond acceptors (Lipinski definition) is 2. The number of aromatic nitrogens is 1. The Morgan fingerprint density at radius 3 is 2.61 bits per heavy atom. The number of nitrogens with zero attached hydrogens (tertiary/aromatic N) is 1. The number of hydrogen-bond donors (Lipinski definition) is 1. The second-order valence-corrected chi connectivity index (χ2v) is 5.39. The number of furan rings is 1. The predicted octanol–water partition coefficient (Wildman–Crippen LogP) is 4.49. The molecule has 18 heavy (non-hydrogen) atoms. The fourth-order valence-corrected chi connectivity index (χ4v) is 2.48. The minimum Gasteiger partial charge on any atom is -0.464 e. The van der Waals surface area contributed by atoms with Gasteiger partial charge in [0.25, 0.3) is 0 Å². The molecule has 0 spiro atoms. The first-order valence-corrected chi connectivity index (χ1v) is 6.88. The van der Waals surface area contributed by atoms with Gasteiger partial charge in [-0.05, 0) is 68.3 Å². The SMILES string of the molecule is BrC1=N/C(=C(\c2ccc(Br)[nH]2)c2ccco2)C=C1. The average Bonchev–Trinajstić information content (AvgIpc) is 3.04. The van der Waals surface area contributed by atoms with Crippen molar-refractivity contribution in [2.75, 3.05) is 0 Å². The van der Waals surface area contributed by atoms with Gasteiger partial charge in [-0.3, -0.25) is 0 Å². The van der Waals surface area contributed by atoms with Crippen molar-refractivity contribution in [3.63, 3.8) is 0 Å². The van der Waals surface area contributed by atoms with Gasteiger partial charge in [0.1, 0.15) is 10.4 Å². The molecule has 5 heteroatoms. The minimum absolute atomic E-state index is 0.787. The average molecular weight is 368 g/mol. The lowest BCUT2D eigenvalue weighted by atomic mass is 10.1. The van der Waals surface area contributed by atoms with Crippen molar-refractivity contribution in [3.8, 4) is 0 Å². The van der Waals surface area contributed by atoms with Crippen LogP contribution in [0.3, 0.4) is 0 Å². The Bertz CT molecular complexity index is 663. The van der Waals surface area contributed by atoms with Gasteiger partial charge in [0.15, 0.2) is 0 Å². The molecule has 0 bridgehead atoms. The van der Waals surface area contributed by atoms with Crippen LogP contribution in [0, 0.1) is 0 Å². The molecule has 0 saturated carbocycles. The van der Waals surface area contributed by atoms with Crippen LogP contribution in [-0.2, 0) is 0 Å². The molecule has 2 aromatic heterocycles. The third kappa shape index (κ3) is 2.15. The van der Waals surface area contributed by atoms with Crippen molar-refractivity contribution in [2.45, 2.75) is 0 Å². The van der Waals surface area contributed by atoms with Crippen LogP contribution in [0.15, 0.2) is 62.4 Å². The van der Waals surface area contributed by atoms with Crippen molar-refractivity contribution in [1.29, 1.82) is 0 Å². The van der Waals surface area contributed by atoms with E-state index >= 15 is 0 Å². The number of halogens is 2. The number of aliphatic imine (C=N–C) groups is 1. The summed E-state index contributed by atoms with van der Waals surface area (Å²) in [4.78, 5) is 7.67. The van der Waals surface area contributed by atoms with Gasteiger partial charge in [0.05, 0.1) is 27.8 Å². The Kier molecular flexibility index (Phi) is 3.09. The zero-order valence-electron chi connectivity index (χ0n) is 9.15. The van der Waals surface area contributed by atoms with Gasteiger partial charge < -0.3 is 9.40 Å². The molecule has 0 aliphatic carbocycles. The first kappa shape index (κ1) is 11.7. The van der Waals surface area contributed by atoms with Gasteiger partial charge in [0.2, 0.25) is 0 Å². The number of aromatic amines is 1. The number of allylic oxidation sites excluding steroid dienone is 2. The smallest absolute Gasteiger partial charge is 0.138 e. The van der Waals surface area contributed by atoms with Crippen LogP contribution in [0.4, 0.5) is 0 Å². The van der Waals surface area contributed by atoms with Crippen LogP contribution in [-0.4, -0.2) is 9.60 Å². The highest BCUT2D eigenvalue weighted by molar-refractivity contribution is 9.18. The maximum Gasteiger partial charge on any atom is 0.138 e. The van der Waals surface area contributed by atoms with Crippen LogP contribution < -0.4 is 0 Å². The van der Waals surface area contributed by atoms with E-state index in [1.54, 1.807) is 6.26 Å². The molecule has 2 aromatic rings. The first-order valence-electron chi connectivity index (χ1n) is 5.29. The highest BCUT2D eigenvalue weighted by Crippen LogP contribution is 2.31. The third-order valence-electron chi connectivity index (χ3n) is 2.55. The van der Waals surface area contributed by atoms with Crippen molar-refractivity contribution < 1.29 is 4.42 Å². The quantitative estimate of drug-likeness (QED) is 0.834. The third-order valence-corrected chi connectivity index (χ3v) is 3.45. The van der Waals surface area contributed by atoms with Gasteiger partial charge in [0, 0.05) is 0 Å². The molecule has 1 aliphatic rings. The first-order chi connectivity index (χ1) is 8.74. The standard InChI is InChI=1S/C13H8Br2N2O/c14-11-5-3-8(16-11)13(10-2-1-7-18-10)9-4-6-12(15)17-9/h1-7,16H/b13-9+. The molecule has 1 N–H and O–H groups in total. The van der Waals surface area contributed by atoms with Crippen LogP contribution >= 0.6 is 31.9 Å². The summed E-state index contributed by atoms with van der Waals surface area (Å²) in [5.41, 5.74) is 2.77. The normalized spacial score (nSPS) is 17.1. The van der Waals surface area contributed by atoms with Crippen LogP contribution in [0.25, 0.3) is 5.57 Å². The molecule has 0 radical (unpaired) electrons. The zero-order valence-corrected chi connectivity index (χ0v) is 12.3. The highest BCUT2D eigenvalue weighted by atomic mass is 79.9. The molecule has 0 aromatic carbocycles. The Balaban J connectivity index is 2.20. The number of H-pyrrole nitrogens is 1. The lowest BCUT2D eigenvalue weighted by Gasteiger charge is -2.04. The fraction of sp³-hybridized carbons (Fsp3) is 0. The molecule has 90 valence electrons. The number of nitrogens with one attached hydrogen (secondary N) is 1. The number of rotatable bonds is 2. The van der Waals surface area contributed by atoms with Gasteiger partial charge in [-0.1, -0.05) is 0 Å². The fourth-order valence-electron chi connectivity index (χ4n) is 1.81. The molecule has 0 amide bonds. The molecule has 0 fully saturated rings. The monoisotopic (exact) mass is 366 g/mol. The molecule has 3 nitrogen and oxygen atoms in total. The van der Waals surface area contributed by atoms with E-state index in [1.165, 1.54) is 0 Å². The molecule has 3 heterocycles. The van der Waals surface area contributed by atoms with Crippen molar-refractivity contribution in [3.05, 3.63) is 64.4 Å².